The lowest BCUT2D eigenvalue weighted by atomic mass is 9.33. The standard InChI is InChI=1S/C68H72BN3/c1-43-20-27-50(28-21-43)71-59-38-46(66(8,9)10)26-36-57(59)69-58-37-34-52(70(48-29-22-44(23-30-48)64(2,3)4)49-31-24-45(25-32-49)65(5,6)7)42-60(58)72(62-40-47(67(11,12)13)39-61(71)63(62)69)51-33-35-54-53-18-16-17-19-55(53)68(14,15)56(54)41-51/h16-42H,1-15H3. The highest BCUT2D eigenvalue weighted by Gasteiger charge is 2.45. The molecular formula is C68H72BN3. The van der Waals surface area contributed by atoms with Crippen LogP contribution in [0.1, 0.15) is 136 Å². The number of aryl methyl sites for hydroxylation is 1. The first-order valence-corrected chi connectivity index (χ1v) is 26.3. The Morgan fingerprint density at radius 1 is 0.389 bits per heavy atom. The number of anilines is 9. The van der Waals surface area contributed by atoms with E-state index in [1.807, 2.05) is 0 Å². The lowest BCUT2D eigenvalue weighted by Crippen LogP contribution is -2.61. The molecule has 0 aromatic heterocycles. The number of nitrogens with zero attached hydrogens (tertiary/aromatic N) is 3. The Kier molecular flexibility index (Phi) is 10.8. The lowest BCUT2D eigenvalue weighted by molar-refractivity contribution is 0.590. The van der Waals surface area contributed by atoms with Crippen molar-refractivity contribution in [1.29, 1.82) is 0 Å². The fraction of sp³-hybridized carbons (Fsp3) is 0.294. The van der Waals surface area contributed by atoms with Crippen LogP contribution in [-0.2, 0) is 27.1 Å². The van der Waals surface area contributed by atoms with Gasteiger partial charge < -0.3 is 14.7 Å². The summed E-state index contributed by atoms with van der Waals surface area (Å²) in [4.78, 5) is 7.68. The van der Waals surface area contributed by atoms with Gasteiger partial charge in [0.1, 0.15) is 0 Å². The molecule has 4 heteroatoms. The maximum atomic E-state index is 2.63. The van der Waals surface area contributed by atoms with E-state index in [1.165, 1.54) is 101 Å². The third kappa shape index (κ3) is 7.79. The van der Waals surface area contributed by atoms with E-state index in [0.29, 0.717) is 0 Å². The summed E-state index contributed by atoms with van der Waals surface area (Å²) < 4.78 is 0. The molecule has 0 bridgehead atoms. The second-order valence-corrected chi connectivity index (χ2v) is 25.7. The largest absolute Gasteiger partial charge is 0.311 e. The summed E-state index contributed by atoms with van der Waals surface area (Å²) in [5.41, 5.74) is 26.3. The molecule has 362 valence electrons. The van der Waals surface area contributed by atoms with Crippen molar-refractivity contribution >= 4 is 74.3 Å². The molecule has 0 amide bonds. The van der Waals surface area contributed by atoms with Gasteiger partial charge in [-0.3, -0.25) is 0 Å². The molecule has 8 aromatic carbocycles. The van der Waals surface area contributed by atoms with Crippen molar-refractivity contribution < 1.29 is 0 Å². The molecule has 8 aromatic rings. The molecule has 72 heavy (non-hydrogen) atoms. The van der Waals surface area contributed by atoms with Crippen molar-refractivity contribution in [1.82, 2.24) is 0 Å². The zero-order valence-corrected chi connectivity index (χ0v) is 45.5. The van der Waals surface area contributed by atoms with Crippen LogP contribution in [0, 0.1) is 6.92 Å². The summed E-state index contributed by atoms with van der Waals surface area (Å²) in [7, 11) is 0. The molecule has 0 atom stereocenters. The highest BCUT2D eigenvalue weighted by atomic mass is 15.2. The van der Waals surface area contributed by atoms with Crippen molar-refractivity contribution in [2.45, 2.75) is 131 Å². The maximum Gasteiger partial charge on any atom is 0.252 e. The van der Waals surface area contributed by atoms with Gasteiger partial charge in [-0.15, -0.1) is 0 Å². The summed E-state index contributed by atoms with van der Waals surface area (Å²) in [6.07, 6.45) is 0. The minimum absolute atomic E-state index is 0.0178. The molecule has 0 unspecified atom stereocenters. The SMILES string of the molecule is Cc1ccc(N2c3cc(C(C)(C)C)ccc3B3c4ccc(N(c5ccc(C(C)(C)C)cc5)c5ccc(C(C)(C)C)cc5)cc4N(c4ccc5c(c4)C(C)(C)c4ccccc4-5)c4cc(C(C)(C)C)cc2c43)cc1. The molecule has 0 N–H and O–H groups in total. The molecule has 0 saturated heterocycles. The molecule has 3 nitrogen and oxygen atoms in total. The van der Waals surface area contributed by atoms with Crippen molar-refractivity contribution in [3.8, 4) is 11.1 Å². The third-order valence-electron chi connectivity index (χ3n) is 16.1. The van der Waals surface area contributed by atoms with Gasteiger partial charge >= 0.3 is 0 Å². The predicted octanol–water partition coefficient (Wildman–Crippen LogP) is 17.0. The van der Waals surface area contributed by atoms with Crippen molar-refractivity contribution in [3.05, 3.63) is 203 Å². The molecule has 2 heterocycles. The van der Waals surface area contributed by atoms with Crippen molar-refractivity contribution in [3.63, 3.8) is 0 Å². The normalized spacial score (nSPS) is 14.6. The highest BCUT2D eigenvalue weighted by Crippen LogP contribution is 2.53. The van der Waals surface area contributed by atoms with Gasteiger partial charge in [-0.25, -0.2) is 0 Å². The van der Waals surface area contributed by atoms with E-state index in [4.69, 9.17) is 0 Å². The summed E-state index contributed by atoms with van der Waals surface area (Å²) in [6.45, 7) is 34.8. The third-order valence-corrected chi connectivity index (χ3v) is 16.1. The molecule has 1 aliphatic carbocycles. The van der Waals surface area contributed by atoms with Crippen LogP contribution in [0.2, 0.25) is 0 Å². The van der Waals surface area contributed by atoms with Crippen LogP contribution in [0.15, 0.2) is 164 Å². The second-order valence-electron chi connectivity index (χ2n) is 25.7. The number of rotatable bonds is 5. The fourth-order valence-electron chi connectivity index (χ4n) is 11.8. The highest BCUT2D eigenvalue weighted by molar-refractivity contribution is 7.00. The van der Waals surface area contributed by atoms with E-state index in [0.717, 1.165) is 17.1 Å². The number of fused-ring (bicyclic) bond motifs is 7. The van der Waals surface area contributed by atoms with E-state index in [2.05, 4.69) is 282 Å². The number of benzene rings is 8. The van der Waals surface area contributed by atoms with Crippen molar-refractivity contribution in [2.75, 3.05) is 14.7 Å². The lowest BCUT2D eigenvalue weighted by Gasteiger charge is -2.46. The summed E-state index contributed by atoms with van der Waals surface area (Å²) in [5.74, 6) is 0. The first-order valence-electron chi connectivity index (χ1n) is 26.3. The average molecular weight is 942 g/mol. The molecule has 0 fully saturated rings. The summed E-state index contributed by atoms with van der Waals surface area (Å²) >= 11 is 0. The van der Waals surface area contributed by atoms with Gasteiger partial charge in [-0.1, -0.05) is 187 Å². The van der Waals surface area contributed by atoms with Gasteiger partial charge in [0.25, 0.3) is 6.71 Å². The quantitative estimate of drug-likeness (QED) is 0.159. The van der Waals surface area contributed by atoms with Crippen molar-refractivity contribution in [2.24, 2.45) is 0 Å². The Balaban J connectivity index is 1.22. The van der Waals surface area contributed by atoms with Gasteiger partial charge in [0, 0.05) is 56.6 Å². The number of hydrogen-bond donors (Lipinski definition) is 0. The molecular weight excluding hydrogens is 870 g/mol. The van der Waals surface area contributed by atoms with Gasteiger partial charge in [0.2, 0.25) is 0 Å². The van der Waals surface area contributed by atoms with Gasteiger partial charge in [0.15, 0.2) is 0 Å². The Hall–Kier alpha value is -6.78. The molecule has 0 spiro atoms. The van der Waals surface area contributed by atoms with E-state index in [9.17, 15) is 0 Å². The monoisotopic (exact) mass is 942 g/mol. The Bertz CT molecular complexity index is 3360. The van der Waals surface area contributed by atoms with E-state index >= 15 is 0 Å². The minimum Gasteiger partial charge on any atom is -0.311 e. The molecule has 0 radical (unpaired) electrons. The predicted molar refractivity (Wildman–Crippen MR) is 312 cm³/mol. The van der Waals surface area contributed by atoms with Crippen LogP contribution in [-0.4, -0.2) is 6.71 Å². The second kappa shape index (κ2) is 16.4. The zero-order chi connectivity index (χ0) is 51.0. The first kappa shape index (κ1) is 47.5. The minimum atomic E-state index is -0.168. The first-order chi connectivity index (χ1) is 33.9. The smallest absolute Gasteiger partial charge is 0.252 e. The Morgan fingerprint density at radius 2 is 0.833 bits per heavy atom. The molecule has 11 rings (SSSR count). The topological polar surface area (TPSA) is 9.72 Å². The number of hydrogen-bond acceptors (Lipinski definition) is 3. The van der Waals surface area contributed by atoms with Gasteiger partial charge in [-0.2, -0.15) is 0 Å². The Labute approximate surface area is 431 Å². The maximum absolute atomic E-state index is 2.63. The summed E-state index contributed by atoms with van der Waals surface area (Å²) in [5, 5.41) is 0. The van der Waals surface area contributed by atoms with Crippen LogP contribution in [0.4, 0.5) is 51.2 Å². The van der Waals surface area contributed by atoms with Crippen LogP contribution in [0.5, 0.6) is 0 Å². The van der Waals surface area contributed by atoms with Crippen LogP contribution in [0.3, 0.4) is 0 Å². The fourth-order valence-corrected chi connectivity index (χ4v) is 11.8. The zero-order valence-electron chi connectivity index (χ0n) is 45.5. The molecule has 0 saturated carbocycles. The summed E-state index contributed by atoms with van der Waals surface area (Å²) in [6, 6.07) is 63.7. The molecule has 2 aliphatic heterocycles. The van der Waals surface area contributed by atoms with E-state index in [-0.39, 0.29) is 33.8 Å². The van der Waals surface area contributed by atoms with Gasteiger partial charge in [0.05, 0.1) is 0 Å². The van der Waals surface area contributed by atoms with E-state index in [1.54, 1.807) is 0 Å². The molecule has 3 aliphatic rings. The Morgan fingerprint density at radius 3 is 1.39 bits per heavy atom. The van der Waals surface area contributed by atoms with E-state index < -0.39 is 0 Å². The van der Waals surface area contributed by atoms with Crippen LogP contribution < -0.4 is 31.1 Å². The van der Waals surface area contributed by atoms with Crippen LogP contribution in [0.25, 0.3) is 11.1 Å². The van der Waals surface area contributed by atoms with Crippen LogP contribution >= 0.6 is 0 Å². The average Bonchev–Trinajstić information content (AvgIpc) is 3.55. The van der Waals surface area contributed by atoms with Gasteiger partial charge in [-0.05, 0) is 168 Å².